The van der Waals surface area contributed by atoms with E-state index in [0.717, 1.165) is 28.3 Å². The van der Waals surface area contributed by atoms with Gasteiger partial charge in [-0.2, -0.15) is 0 Å². The molecule has 0 aliphatic heterocycles. The van der Waals surface area contributed by atoms with E-state index in [0.29, 0.717) is 12.1 Å². The minimum Gasteiger partial charge on any atom is -0.306 e. The maximum absolute atomic E-state index is 13.4. The first-order valence-corrected chi connectivity index (χ1v) is 7.28. The van der Waals surface area contributed by atoms with Gasteiger partial charge >= 0.3 is 0 Å². The molecule has 0 fully saturated rings. The molecule has 1 nitrogen and oxygen atoms in total. The van der Waals surface area contributed by atoms with Gasteiger partial charge in [0.25, 0.3) is 0 Å². The van der Waals surface area contributed by atoms with E-state index in [1.165, 1.54) is 0 Å². The predicted molar refractivity (Wildman–Crippen MR) is 75.5 cm³/mol. The fourth-order valence-electron chi connectivity index (χ4n) is 2.02. The second-order valence-electron chi connectivity index (χ2n) is 4.63. The van der Waals surface area contributed by atoms with Crippen LogP contribution in [0.5, 0.6) is 0 Å². The van der Waals surface area contributed by atoms with Crippen LogP contribution in [0.25, 0.3) is 0 Å². The number of hydrogen-bond donors (Lipinski definition) is 1. The van der Waals surface area contributed by atoms with E-state index >= 15 is 0 Å². The Bertz CT molecular complexity index is 572. The molecule has 1 heterocycles. The van der Waals surface area contributed by atoms with Crippen molar-refractivity contribution in [3.8, 4) is 0 Å². The second kappa shape index (κ2) is 6.41. The molecule has 2 aromatic rings. The fraction of sp³-hybridized carbons (Fsp3) is 0.333. The van der Waals surface area contributed by atoms with Gasteiger partial charge in [0.2, 0.25) is 0 Å². The topological polar surface area (TPSA) is 12.0 Å². The van der Waals surface area contributed by atoms with E-state index in [1.54, 1.807) is 11.3 Å². The maximum atomic E-state index is 13.4. The summed E-state index contributed by atoms with van der Waals surface area (Å²) in [4.78, 5) is 2.08. The maximum Gasteiger partial charge on any atom is 0.194 e. The molecule has 1 atom stereocenters. The Morgan fingerprint density at radius 3 is 2.30 bits per heavy atom. The highest BCUT2D eigenvalue weighted by atomic mass is 32.1. The van der Waals surface area contributed by atoms with Gasteiger partial charge in [-0.15, -0.1) is 11.3 Å². The minimum atomic E-state index is -1.43. The lowest BCUT2D eigenvalue weighted by Gasteiger charge is -2.18. The summed E-state index contributed by atoms with van der Waals surface area (Å²) in [5, 5.41) is 3.24. The number of thiophene rings is 1. The molecule has 0 saturated carbocycles. The van der Waals surface area contributed by atoms with Crippen molar-refractivity contribution in [1.82, 2.24) is 5.32 Å². The summed E-state index contributed by atoms with van der Waals surface area (Å²) in [5.74, 6) is -3.74. The average molecular weight is 299 g/mol. The molecule has 1 aromatic heterocycles. The van der Waals surface area contributed by atoms with Crippen LogP contribution in [0.2, 0.25) is 0 Å². The number of nitrogens with one attached hydrogen (secondary N) is 1. The molecule has 5 heteroatoms. The molecule has 0 amide bonds. The smallest absolute Gasteiger partial charge is 0.194 e. The van der Waals surface area contributed by atoms with Crippen molar-refractivity contribution in [2.75, 3.05) is 6.54 Å². The third kappa shape index (κ3) is 3.22. The van der Waals surface area contributed by atoms with Gasteiger partial charge in [0.15, 0.2) is 17.5 Å². The summed E-state index contributed by atoms with van der Waals surface area (Å²) >= 11 is 1.56. The minimum absolute atomic E-state index is 0.321. The second-order valence-corrected chi connectivity index (χ2v) is 5.95. The van der Waals surface area contributed by atoms with Gasteiger partial charge in [0.1, 0.15) is 0 Å². The monoisotopic (exact) mass is 299 g/mol. The molecule has 0 spiro atoms. The Labute approximate surface area is 120 Å². The van der Waals surface area contributed by atoms with Gasteiger partial charge in [0, 0.05) is 9.75 Å². The predicted octanol–water partition coefficient (Wildman–Crippen LogP) is 4.56. The number of hydrogen-bond acceptors (Lipinski definition) is 2. The van der Waals surface area contributed by atoms with E-state index in [9.17, 15) is 13.2 Å². The normalized spacial score (nSPS) is 12.7. The van der Waals surface area contributed by atoms with Crippen LogP contribution in [0.15, 0.2) is 24.3 Å². The Morgan fingerprint density at radius 2 is 1.80 bits per heavy atom. The highest BCUT2D eigenvalue weighted by molar-refractivity contribution is 7.12. The largest absolute Gasteiger partial charge is 0.306 e. The molecule has 1 N–H and O–H groups in total. The van der Waals surface area contributed by atoms with Crippen LogP contribution >= 0.6 is 11.3 Å². The molecular weight excluding hydrogens is 283 g/mol. The van der Waals surface area contributed by atoms with Crippen molar-refractivity contribution in [2.24, 2.45) is 0 Å². The molecule has 108 valence electrons. The fourth-order valence-corrected chi connectivity index (χ4v) is 3.00. The standard InChI is InChI=1S/C15H16F3NS/c1-3-6-19-15(13-5-4-9(2)20-13)10-7-11(16)14(18)12(17)8-10/h4-5,7-8,15,19H,3,6H2,1-2H3. The van der Waals surface area contributed by atoms with Crippen molar-refractivity contribution >= 4 is 11.3 Å². The van der Waals surface area contributed by atoms with Gasteiger partial charge in [0.05, 0.1) is 6.04 Å². The lowest BCUT2D eigenvalue weighted by molar-refractivity contribution is 0.442. The number of aryl methyl sites for hydroxylation is 1. The SMILES string of the molecule is CCCNC(c1cc(F)c(F)c(F)c1)c1ccc(C)s1. The van der Waals surface area contributed by atoms with E-state index < -0.39 is 17.5 Å². The first kappa shape index (κ1) is 15.1. The van der Waals surface area contributed by atoms with Crippen LogP contribution < -0.4 is 5.32 Å². The van der Waals surface area contributed by atoms with Gasteiger partial charge in [-0.25, -0.2) is 13.2 Å². The van der Waals surface area contributed by atoms with E-state index in [4.69, 9.17) is 0 Å². The Morgan fingerprint density at radius 1 is 1.15 bits per heavy atom. The molecule has 0 bridgehead atoms. The Kier molecular flexibility index (Phi) is 4.83. The van der Waals surface area contributed by atoms with Crippen LogP contribution in [0.4, 0.5) is 13.2 Å². The highest BCUT2D eigenvalue weighted by Gasteiger charge is 2.19. The van der Waals surface area contributed by atoms with Gasteiger partial charge in [-0.1, -0.05) is 6.92 Å². The molecule has 2 rings (SSSR count). The summed E-state index contributed by atoms with van der Waals surface area (Å²) in [6.45, 7) is 4.69. The highest BCUT2D eigenvalue weighted by Crippen LogP contribution is 2.30. The lowest BCUT2D eigenvalue weighted by atomic mass is 10.0. The Balaban J connectivity index is 2.40. The first-order valence-electron chi connectivity index (χ1n) is 6.47. The Hall–Kier alpha value is -1.33. The number of rotatable bonds is 5. The van der Waals surface area contributed by atoms with Crippen molar-refractivity contribution in [2.45, 2.75) is 26.3 Å². The van der Waals surface area contributed by atoms with Crippen molar-refractivity contribution in [3.05, 3.63) is 57.0 Å². The lowest BCUT2D eigenvalue weighted by Crippen LogP contribution is -2.22. The zero-order valence-electron chi connectivity index (χ0n) is 11.3. The molecule has 20 heavy (non-hydrogen) atoms. The van der Waals surface area contributed by atoms with Crippen LogP contribution in [-0.4, -0.2) is 6.54 Å². The van der Waals surface area contributed by atoms with Crippen LogP contribution in [-0.2, 0) is 0 Å². The number of halogens is 3. The zero-order valence-corrected chi connectivity index (χ0v) is 12.2. The summed E-state index contributed by atoms with van der Waals surface area (Å²) in [7, 11) is 0. The third-order valence-corrected chi connectivity index (χ3v) is 4.05. The van der Waals surface area contributed by atoms with Crippen molar-refractivity contribution in [3.63, 3.8) is 0 Å². The van der Waals surface area contributed by atoms with Gasteiger partial charge in [-0.3, -0.25) is 0 Å². The van der Waals surface area contributed by atoms with Gasteiger partial charge in [-0.05, 0) is 49.7 Å². The molecule has 0 radical (unpaired) electrons. The molecule has 1 aromatic carbocycles. The summed E-state index contributed by atoms with van der Waals surface area (Å²) in [6, 6.07) is 5.67. The summed E-state index contributed by atoms with van der Waals surface area (Å²) < 4.78 is 39.9. The quantitative estimate of drug-likeness (QED) is 0.798. The van der Waals surface area contributed by atoms with Crippen molar-refractivity contribution in [1.29, 1.82) is 0 Å². The molecule has 0 aliphatic rings. The molecular formula is C15H16F3NS. The third-order valence-electron chi connectivity index (χ3n) is 2.98. The van der Waals surface area contributed by atoms with E-state index in [-0.39, 0.29) is 6.04 Å². The average Bonchev–Trinajstić information content (AvgIpc) is 2.83. The van der Waals surface area contributed by atoms with Crippen LogP contribution in [0, 0.1) is 24.4 Å². The van der Waals surface area contributed by atoms with Crippen LogP contribution in [0.1, 0.15) is 34.7 Å². The molecule has 1 unspecified atom stereocenters. The molecule has 0 saturated heterocycles. The molecule has 0 aliphatic carbocycles. The number of benzene rings is 1. The van der Waals surface area contributed by atoms with Crippen molar-refractivity contribution < 1.29 is 13.2 Å². The van der Waals surface area contributed by atoms with Gasteiger partial charge < -0.3 is 5.32 Å². The summed E-state index contributed by atoms with van der Waals surface area (Å²) in [5.41, 5.74) is 0.400. The first-order chi connectivity index (χ1) is 9.52. The van der Waals surface area contributed by atoms with E-state index in [2.05, 4.69) is 5.32 Å². The zero-order chi connectivity index (χ0) is 14.7. The summed E-state index contributed by atoms with van der Waals surface area (Å²) in [6.07, 6.45) is 0.896. The van der Waals surface area contributed by atoms with Crippen LogP contribution in [0.3, 0.4) is 0 Å². The van der Waals surface area contributed by atoms with E-state index in [1.807, 2.05) is 26.0 Å².